The van der Waals surface area contributed by atoms with Gasteiger partial charge in [-0.25, -0.2) is 0 Å². The number of rotatable bonds is 3. The quantitative estimate of drug-likeness (QED) is 0.807. The smallest absolute Gasteiger partial charge is 0.0615 e. The molecule has 0 aromatic heterocycles. The number of hydrogen-bond donors (Lipinski definition) is 0. The first-order valence-electron chi connectivity index (χ1n) is 6.12. The van der Waals surface area contributed by atoms with E-state index in [0.717, 1.165) is 10.5 Å². The molecule has 2 atom stereocenters. The van der Waals surface area contributed by atoms with Crippen molar-refractivity contribution in [3.8, 4) is 0 Å². The summed E-state index contributed by atoms with van der Waals surface area (Å²) in [4.78, 5) is 0.897. The van der Waals surface area contributed by atoms with Crippen molar-refractivity contribution in [2.45, 2.75) is 30.9 Å². The summed E-state index contributed by atoms with van der Waals surface area (Å²) in [6.45, 7) is 6.11. The minimum atomic E-state index is -0.994. The highest BCUT2D eigenvalue weighted by Gasteiger charge is 2.15. The summed E-state index contributed by atoms with van der Waals surface area (Å²) in [5.41, 5.74) is 3.55. The van der Waals surface area contributed by atoms with E-state index in [1.165, 1.54) is 11.1 Å². The average Bonchev–Trinajstić information content (AvgIpc) is 2.39. The Balaban J connectivity index is 2.23. The normalized spacial score (nSPS) is 14.2. The van der Waals surface area contributed by atoms with Gasteiger partial charge in [-0.2, -0.15) is 0 Å². The summed E-state index contributed by atoms with van der Waals surface area (Å²) in [7, 11) is -0.994. The van der Waals surface area contributed by atoms with Crippen LogP contribution in [-0.4, -0.2) is 4.21 Å². The Kier molecular flexibility index (Phi) is 3.97. The van der Waals surface area contributed by atoms with Crippen LogP contribution in [0.15, 0.2) is 53.4 Å². The standard InChI is InChI=1S/C16H18OS/c1-12-4-8-15(9-5-12)14(3)18(17)16-10-6-13(2)7-11-16/h4-11,14H,1-3H3. The first-order valence-corrected chi connectivity index (χ1v) is 7.33. The highest BCUT2D eigenvalue weighted by molar-refractivity contribution is 7.85. The third-order valence-corrected chi connectivity index (χ3v) is 4.77. The minimum absolute atomic E-state index is 0.0216. The van der Waals surface area contributed by atoms with Gasteiger partial charge in [-0.1, -0.05) is 47.5 Å². The van der Waals surface area contributed by atoms with Crippen molar-refractivity contribution in [1.82, 2.24) is 0 Å². The molecule has 0 fully saturated rings. The summed E-state index contributed by atoms with van der Waals surface area (Å²) < 4.78 is 12.5. The van der Waals surface area contributed by atoms with Crippen LogP contribution in [0.2, 0.25) is 0 Å². The zero-order valence-corrected chi connectivity index (χ0v) is 11.8. The number of hydrogen-bond acceptors (Lipinski definition) is 1. The van der Waals surface area contributed by atoms with E-state index in [2.05, 4.69) is 31.2 Å². The van der Waals surface area contributed by atoms with Crippen LogP contribution in [0.3, 0.4) is 0 Å². The van der Waals surface area contributed by atoms with E-state index in [-0.39, 0.29) is 5.25 Å². The molecule has 2 heteroatoms. The van der Waals surface area contributed by atoms with Gasteiger partial charge in [0.25, 0.3) is 0 Å². The molecule has 2 rings (SSSR count). The van der Waals surface area contributed by atoms with Gasteiger partial charge in [-0.15, -0.1) is 0 Å². The van der Waals surface area contributed by atoms with E-state index in [4.69, 9.17) is 0 Å². The molecule has 1 nitrogen and oxygen atoms in total. The maximum atomic E-state index is 12.5. The summed E-state index contributed by atoms with van der Waals surface area (Å²) in [5.74, 6) is 0. The fourth-order valence-corrected chi connectivity index (χ4v) is 3.05. The third kappa shape index (κ3) is 2.88. The van der Waals surface area contributed by atoms with Gasteiger partial charge >= 0.3 is 0 Å². The molecular formula is C16H18OS. The molecular weight excluding hydrogens is 240 g/mol. The summed E-state index contributed by atoms with van der Waals surface area (Å²) >= 11 is 0. The van der Waals surface area contributed by atoms with Gasteiger partial charge in [0, 0.05) is 4.90 Å². The predicted octanol–water partition coefficient (Wildman–Crippen LogP) is 4.17. The van der Waals surface area contributed by atoms with Crippen molar-refractivity contribution in [3.05, 3.63) is 65.2 Å². The lowest BCUT2D eigenvalue weighted by atomic mass is 10.1. The highest BCUT2D eigenvalue weighted by atomic mass is 32.2. The van der Waals surface area contributed by atoms with Crippen molar-refractivity contribution in [2.24, 2.45) is 0 Å². The Hall–Kier alpha value is -1.41. The molecule has 0 bridgehead atoms. The van der Waals surface area contributed by atoms with E-state index in [9.17, 15) is 4.21 Å². The van der Waals surface area contributed by atoms with Gasteiger partial charge in [-0.05, 0) is 38.5 Å². The second-order valence-corrected chi connectivity index (χ2v) is 6.44. The van der Waals surface area contributed by atoms with Gasteiger partial charge in [-0.3, -0.25) is 4.21 Å². The number of aryl methyl sites for hydroxylation is 2. The lowest BCUT2D eigenvalue weighted by Crippen LogP contribution is -2.03. The first kappa shape index (κ1) is 13.0. The molecule has 2 aromatic carbocycles. The van der Waals surface area contributed by atoms with Gasteiger partial charge in [0.05, 0.1) is 16.0 Å². The molecule has 18 heavy (non-hydrogen) atoms. The molecule has 0 saturated heterocycles. The Morgan fingerprint density at radius 3 is 1.78 bits per heavy atom. The van der Waals surface area contributed by atoms with Crippen molar-refractivity contribution >= 4 is 10.8 Å². The molecule has 0 heterocycles. The average molecular weight is 258 g/mol. The van der Waals surface area contributed by atoms with Gasteiger partial charge in [0.15, 0.2) is 0 Å². The zero-order chi connectivity index (χ0) is 13.1. The fraction of sp³-hybridized carbons (Fsp3) is 0.250. The van der Waals surface area contributed by atoms with Gasteiger partial charge in [0.2, 0.25) is 0 Å². The Labute approximate surface area is 111 Å². The van der Waals surface area contributed by atoms with Crippen LogP contribution in [0.25, 0.3) is 0 Å². The Morgan fingerprint density at radius 1 is 0.833 bits per heavy atom. The van der Waals surface area contributed by atoms with Crippen LogP contribution in [0, 0.1) is 13.8 Å². The lowest BCUT2D eigenvalue weighted by molar-refractivity contribution is 0.676. The van der Waals surface area contributed by atoms with Gasteiger partial charge < -0.3 is 0 Å². The minimum Gasteiger partial charge on any atom is -0.254 e. The molecule has 2 unspecified atom stereocenters. The maximum Gasteiger partial charge on any atom is 0.0615 e. The van der Waals surface area contributed by atoms with Crippen molar-refractivity contribution in [3.63, 3.8) is 0 Å². The van der Waals surface area contributed by atoms with Crippen molar-refractivity contribution in [1.29, 1.82) is 0 Å². The van der Waals surface area contributed by atoms with E-state index in [0.29, 0.717) is 0 Å². The Bertz CT molecular complexity index is 540. The van der Waals surface area contributed by atoms with Crippen molar-refractivity contribution < 1.29 is 4.21 Å². The molecule has 0 amide bonds. The van der Waals surface area contributed by atoms with E-state index in [1.54, 1.807) is 0 Å². The molecule has 2 aromatic rings. The van der Waals surface area contributed by atoms with Crippen molar-refractivity contribution in [2.75, 3.05) is 0 Å². The van der Waals surface area contributed by atoms with Crippen LogP contribution in [-0.2, 0) is 10.8 Å². The number of benzene rings is 2. The summed E-state index contributed by atoms with van der Waals surface area (Å²) in [5, 5.41) is 0.0216. The topological polar surface area (TPSA) is 17.1 Å². The second-order valence-electron chi connectivity index (χ2n) is 4.66. The van der Waals surface area contributed by atoms with Crippen LogP contribution in [0.4, 0.5) is 0 Å². The zero-order valence-electron chi connectivity index (χ0n) is 11.0. The maximum absolute atomic E-state index is 12.5. The van der Waals surface area contributed by atoms with Crippen LogP contribution < -0.4 is 0 Å². The largest absolute Gasteiger partial charge is 0.254 e. The predicted molar refractivity (Wildman–Crippen MR) is 77.2 cm³/mol. The monoisotopic (exact) mass is 258 g/mol. The summed E-state index contributed by atoms with van der Waals surface area (Å²) in [6.07, 6.45) is 0. The van der Waals surface area contributed by atoms with E-state index >= 15 is 0 Å². The molecule has 94 valence electrons. The SMILES string of the molecule is Cc1ccc(C(C)S(=O)c2ccc(C)cc2)cc1. The molecule has 0 N–H and O–H groups in total. The molecule has 0 aliphatic heterocycles. The van der Waals surface area contributed by atoms with Gasteiger partial charge in [0.1, 0.15) is 0 Å². The second kappa shape index (κ2) is 5.49. The van der Waals surface area contributed by atoms with E-state index in [1.807, 2.05) is 38.1 Å². The third-order valence-electron chi connectivity index (χ3n) is 3.12. The lowest BCUT2D eigenvalue weighted by Gasteiger charge is -2.12. The molecule has 0 spiro atoms. The van der Waals surface area contributed by atoms with Crippen LogP contribution in [0.5, 0.6) is 0 Å². The van der Waals surface area contributed by atoms with Crippen LogP contribution >= 0.6 is 0 Å². The molecule has 0 radical (unpaired) electrons. The first-order chi connectivity index (χ1) is 8.58. The molecule has 0 aliphatic rings. The summed E-state index contributed by atoms with van der Waals surface area (Å²) in [6, 6.07) is 16.2. The highest BCUT2D eigenvalue weighted by Crippen LogP contribution is 2.25. The van der Waals surface area contributed by atoms with E-state index < -0.39 is 10.8 Å². The fourth-order valence-electron chi connectivity index (χ4n) is 1.84. The molecule has 0 saturated carbocycles. The Morgan fingerprint density at radius 2 is 1.28 bits per heavy atom. The molecule has 0 aliphatic carbocycles. The van der Waals surface area contributed by atoms with Crippen LogP contribution in [0.1, 0.15) is 28.9 Å².